The maximum Gasteiger partial charge on any atom is 0.261 e. The molecule has 0 aromatic heterocycles. The van der Waals surface area contributed by atoms with E-state index in [1.165, 1.54) is 0 Å². The van der Waals surface area contributed by atoms with E-state index in [-0.39, 0.29) is 4.90 Å². The lowest BCUT2D eigenvalue weighted by Gasteiger charge is -2.11. The smallest absolute Gasteiger partial charge is 0.261 e. The van der Waals surface area contributed by atoms with Gasteiger partial charge in [0.25, 0.3) is 10.0 Å². The van der Waals surface area contributed by atoms with Gasteiger partial charge in [-0.2, -0.15) is 0 Å². The molecule has 6 heteroatoms. The summed E-state index contributed by atoms with van der Waals surface area (Å²) in [5.41, 5.74) is 2.31. The molecular formula is C14H13Br2NO2S. The zero-order valence-corrected chi connectivity index (χ0v) is 14.9. The zero-order chi connectivity index (χ0) is 14.9. The fraction of sp³-hybridized carbons (Fsp3) is 0.143. The van der Waals surface area contributed by atoms with Gasteiger partial charge in [0.05, 0.1) is 10.6 Å². The number of aryl methyl sites for hydroxylation is 2. The second kappa shape index (κ2) is 5.87. The summed E-state index contributed by atoms with van der Waals surface area (Å²) in [7, 11) is -3.57. The zero-order valence-electron chi connectivity index (χ0n) is 10.9. The van der Waals surface area contributed by atoms with E-state index in [9.17, 15) is 8.42 Å². The van der Waals surface area contributed by atoms with Crippen molar-refractivity contribution in [2.24, 2.45) is 0 Å². The molecule has 0 spiro atoms. The highest BCUT2D eigenvalue weighted by Gasteiger charge is 2.16. The number of anilines is 1. The second-order valence-electron chi connectivity index (χ2n) is 4.48. The summed E-state index contributed by atoms with van der Waals surface area (Å²) >= 11 is 6.72. The molecule has 106 valence electrons. The lowest BCUT2D eigenvalue weighted by molar-refractivity contribution is 0.601. The van der Waals surface area contributed by atoms with E-state index in [1.54, 1.807) is 30.3 Å². The van der Waals surface area contributed by atoms with Crippen LogP contribution in [0.15, 0.2) is 50.2 Å². The standard InChI is InChI=1S/C14H13Br2NO2S/c1-9-8-12(4-5-13(9)16)20(18,19)17-14-6-3-11(15)7-10(14)2/h3-8,17H,1-2H3. The first-order valence-corrected chi connectivity index (χ1v) is 8.91. The lowest BCUT2D eigenvalue weighted by atomic mass is 10.2. The van der Waals surface area contributed by atoms with Gasteiger partial charge >= 0.3 is 0 Å². The molecule has 0 fully saturated rings. The first-order chi connectivity index (χ1) is 9.29. The number of halogens is 2. The molecule has 3 nitrogen and oxygen atoms in total. The highest BCUT2D eigenvalue weighted by atomic mass is 79.9. The Labute approximate surface area is 135 Å². The van der Waals surface area contributed by atoms with Crippen LogP contribution >= 0.6 is 31.9 Å². The van der Waals surface area contributed by atoms with Crippen molar-refractivity contribution in [1.29, 1.82) is 0 Å². The highest BCUT2D eigenvalue weighted by molar-refractivity contribution is 9.10. The van der Waals surface area contributed by atoms with Crippen LogP contribution in [0.5, 0.6) is 0 Å². The monoisotopic (exact) mass is 417 g/mol. The Hall–Kier alpha value is -0.850. The Morgan fingerprint density at radius 3 is 2.25 bits per heavy atom. The highest BCUT2D eigenvalue weighted by Crippen LogP contribution is 2.25. The van der Waals surface area contributed by atoms with E-state index in [4.69, 9.17) is 0 Å². The third-order valence-corrected chi connectivity index (χ3v) is 5.62. The van der Waals surface area contributed by atoms with Gasteiger partial charge in [-0.25, -0.2) is 8.42 Å². The van der Waals surface area contributed by atoms with Crippen LogP contribution in [0.1, 0.15) is 11.1 Å². The number of nitrogens with one attached hydrogen (secondary N) is 1. The van der Waals surface area contributed by atoms with Gasteiger partial charge in [-0.1, -0.05) is 31.9 Å². The molecule has 0 unspecified atom stereocenters. The fourth-order valence-corrected chi connectivity index (χ4v) is 3.67. The molecule has 20 heavy (non-hydrogen) atoms. The molecule has 0 saturated carbocycles. The minimum atomic E-state index is -3.57. The molecule has 0 bridgehead atoms. The first-order valence-electron chi connectivity index (χ1n) is 5.85. The molecule has 2 rings (SSSR count). The number of hydrogen-bond acceptors (Lipinski definition) is 2. The fourth-order valence-electron chi connectivity index (χ4n) is 1.73. The van der Waals surface area contributed by atoms with Gasteiger partial charge in [-0.15, -0.1) is 0 Å². The van der Waals surface area contributed by atoms with E-state index in [0.717, 1.165) is 20.1 Å². The van der Waals surface area contributed by atoms with Crippen molar-refractivity contribution in [1.82, 2.24) is 0 Å². The average molecular weight is 419 g/mol. The third-order valence-electron chi connectivity index (χ3n) is 2.87. The number of hydrogen-bond donors (Lipinski definition) is 1. The van der Waals surface area contributed by atoms with E-state index >= 15 is 0 Å². The van der Waals surface area contributed by atoms with Gasteiger partial charge in [0.1, 0.15) is 0 Å². The number of sulfonamides is 1. The molecule has 1 N–H and O–H groups in total. The molecule has 0 aliphatic heterocycles. The van der Waals surface area contributed by atoms with Crippen molar-refractivity contribution in [3.8, 4) is 0 Å². The average Bonchev–Trinajstić information content (AvgIpc) is 2.36. The molecule has 0 amide bonds. The molecule has 0 saturated heterocycles. The summed E-state index contributed by atoms with van der Waals surface area (Å²) in [5, 5.41) is 0. The molecule has 2 aromatic carbocycles. The Morgan fingerprint density at radius 1 is 0.950 bits per heavy atom. The van der Waals surface area contributed by atoms with Gasteiger partial charge < -0.3 is 0 Å². The van der Waals surface area contributed by atoms with Crippen LogP contribution in [0.2, 0.25) is 0 Å². The van der Waals surface area contributed by atoms with Gasteiger partial charge in [-0.3, -0.25) is 4.72 Å². The van der Waals surface area contributed by atoms with Crippen LogP contribution in [0.3, 0.4) is 0 Å². The van der Waals surface area contributed by atoms with Crippen LogP contribution in [0.25, 0.3) is 0 Å². The maximum atomic E-state index is 12.4. The van der Waals surface area contributed by atoms with E-state index in [1.807, 2.05) is 19.9 Å². The molecule has 0 radical (unpaired) electrons. The third kappa shape index (κ3) is 3.42. The molecular weight excluding hydrogens is 406 g/mol. The van der Waals surface area contributed by atoms with E-state index in [2.05, 4.69) is 36.6 Å². The maximum absolute atomic E-state index is 12.4. The largest absolute Gasteiger partial charge is 0.279 e. The lowest BCUT2D eigenvalue weighted by Crippen LogP contribution is -2.13. The van der Waals surface area contributed by atoms with Gasteiger partial charge in [-0.05, 0) is 61.4 Å². The van der Waals surface area contributed by atoms with Crippen LogP contribution in [-0.4, -0.2) is 8.42 Å². The van der Waals surface area contributed by atoms with Crippen molar-refractivity contribution < 1.29 is 8.42 Å². The molecule has 0 aliphatic rings. The summed E-state index contributed by atoms with van der Waals surface area (Å²) in [6, 6.07) is 10.4. The molecule has 0 aliphatic carbocycles. The van der Waals surface area contributed by atoms with Gasteiger partial charge in [0, 0.05) is 8.95 Å². The molecule has 0 heterocycles. The second-order valence-corrected chi connectivity index (χ2v) is 7.93. The summed E-state index contributed by atoms with van der Waals surface area (Å²) < 4.78 is 29.1. The SMILES string of the molecule is Cc1cc(S(=O)(=O)Nc2ccc(Br)cc2C)ccc1Br. The van der Waals surface area contributed by atoms with Crippen LogP contribution in [-0.2, 0) is 10.0 Å². The van der Waals surface area contributed by atoms with Crippen LogP contribution in [0, 0.1) is 13.8 Å². The summed E-state index contributed by atoms with van der Waals surface area (Å²) in [6.45, 7) is 3.71. The number of benzene rings is 2. The summed E-state index contributed by atoms with van der Waals surface area (Å²) in [5.74, 6) is 0. The predicted molar refractivity (Wildman–Crippen MR) is 88.6 cm³/mol. The van der Waals surface area contributed by atoms with Crippen molar-refractivity contribution >= 4 is 47.6 Å². The van der Waals surface area contributed by atoms with Crippen LogP contribution in [0.4, 0.5) is 5.69 Å². The normalized spacial score (nSPS) is 11.4. The molecule has 0 atom stereocenters. The van der Waals surface area contributed by atoms with Crippen LogP contribution < -0.4 is 4.72 Å². The summed E-state index contributed by atoms with van der Waals surface area (Å²) in [6.07, 6.45) is 0. The van der Waals surface area contributed by atoms with E-state index < -0.39 is 10.0 Å². The van der Waals surface area contributed by atoms with Gasteiger partial charge in [0.2, 0.25) is 0 Å². The Morgan fingerprint density at radius 2 is 1.65 bits per heavy atom. The predicted octanol–water partition coefficient (Wildman–Crippen LogP) is 4.63. The summed E-state index contributed by atoms with van der Waals surface area (Å²) in [4.78, 5) is 0.250. The Kier molecular flexibility index (Phi) is 4.56. The first kappa shape index (κ1) is 15.5. The van der Waals surface area contributed by atoms with Crippen molar-refractivity contribution in [3.63, 3.8) is 0 Å². The Balaban J connectivity index is 2.38. The van der Waals surface area contributed by atoms with Crippen molar-refractivity contribution in [3.05, 3.63) is 56.5 Å². The minimum absolute atomic E-state index is 0.250. The minimum Gasteiger partial charge on any atom is -0.279 e. The molecule has 2 aromatic rings. The van der Waals surface area contributed by atoms with Crippen molar-refractivity contribution in [2.75, 3.05) is 4.72 Å². The van der Waals surface area contributed by atoms with Crippen molar-refractivity contribution in [2.45, 2.75) is 18.7 Å². The number of rotatable bonds is 3. The van der Waals surface area contributed by atoms with E-state index in [0.29, 0.717) is 5.69 Å². The Bertz CT molecular complexity index is 758. The quantitative estimate of drug-likeness (QED) is 0.789. The topological polar surface area (TPSA) is 46.2 Å². The van der Waals surface area contributed by atoms with Gasteiger partial charge in [0.15, 0.2) is 0 Å².